The summed E-state index contributed by atoms with van der Waals surface area (Å²) in [5.41, 5.74) is 3.20. The predicted molar refractivity (Wildman–Crippen MR) is 79.4 cm³/mol. The fraction of sp³-hybridized carbons (Fsp3) is 0.333. The first-order valence-electron chi connectivity index (χ1n) is 6.71. The Morgan fingerprint density at radius 3 is 3.20 bits per heavy atom. The number of aromatic amines is 1. The molecule has 0 radical (unpaired) electrons. The number of nitrogens with zero attached hydrogens (tertiary/aromatic N) is 1. The van der Waals surface area contributed by atoms with Crippen LogP contribution in [-0.4, -0.2) is 23.2 Å². The largest absolute Gasteiger partial charge is 0.492 e. The summed E-state index contributed by atoms with van der Waals surface area (Å²) >= 11 is 5.24. The maximum absolute atomic E-state index is 5.74. The lowest BCUT2D eigenvalue weighted by atomic mass is 10.1. The second kappa shape index (κ2) is 5.73. The van der Waals surface area contributed by atoms with Gasteiger partial charge >= 0.3 is 0 Å². The highest BCUT2D eigenvalue weighted by molar-refractivity contribution is 7.71. The van der Waals surface area contributed by atoms with Gasteiger partial charge in [0.05, 0.1) is 12.3 Å². The van der Waals surface area contributed by atoms with Crippen molar-refractivity contribution < 1.29 is 9.47 Å². The molecule has 0 saturated carbocycles. The molecule has 0 saturated heterocycles. The van der Waals surface area contributed by atoms with Crippen molar-refractivity contribution in [3.63, 3.8) is 0 Å². The summed E-state index contributed by atoms with van der Waals surface area (Å²) in [6.45, 7) is 3.78. The zero-order valence-electron chi connectivity index (χ0n) is 11.3. The number of fused-ring (bicyclic) bond motifs is 1. The van der Waals surface area contributed by atoms with Crippen molar-refractivity contribution in [2.75, 3.05) is 13.2 Å². The maximum atomic E-state index is 5.74. The minimum Gasteiger partial charge on any atom is -0.492 e. The van der Waals surface area contributed by atoms with Gasteiger partial charge in [-0.1, -0.05) is 24.4 Å². The number of H-pyrrole nitrogens is 1. The standard InChI is InChI=1S/C15H16N2O2S/c1-2-18-9-13-16-12(8-14(20)17-13)11-5-3-4-10-6-7-19-15(10)11/h3-5,8H,2,6-7,9H2,1H3,(H,16,17,20). The van der Waals surface area contributed by atoms with Crippen molar-refractivity contribution in [3.05, 3.63) is 40.3 Å². The normalized spacial score (nSPS) is 13.1. The first-order chi connectivity index (χ1) is 9.78. The van der Waals surface area contributed by atoms with Crippen LogP contribution in [-0.2, 0) is 17.8 Å². The first-order valence-corrected chi connectivity index (χ1v) is 7.12. The van der Waals surface area contributed by atoms with E-state index in [1.54, 1.807) is 0 Å². The Bertz CT molecular complexity index is 682. The van der Waals surface area contributed by atoms with E-state index in [-0.39, 0.29) is 0 Å². The van der Waals surface area contributed by atoms with Crippen LogP contribution in [0.15, 0.2) is 24.3 Å². The van der Waals surface area contributed by atoms with E-state index in [0.29, 0.717) is 17.9 Å². The van der Waals surface area contributed by atoms with Crippen molar-refractivity contribution in [2.45, 2.75) is 20.0 Å². The van der Waals surface area contributed by atoms with Gasteiger partial charge in [-0.05, 0) is 24.6 Å². The zero-order chi connectivity index (χ0) is 13.9. The van der Waals surface area contributed by atoms with Crippen LogP contribution in [0.25, 0.3) is 11.3 Å². The molecule has 5 heteroatoms. The average molecular weight is 288 g/mol. The summed E-state index contributed by atoms with van der Waals surface area (Å²) in [7, 11) is 0. The van der Waals surface area contributed by atoms with Crippen LogP contribution in [0.1, 0.15) is 18.3 Å². The third-order valence-electron chi connectivity index (χ3n) is 3.24. The molecule has 104 valence electrons. The molecule has 0 amide bonds. The number of para-hydroxylation sites is 1. The summed E-state index contributed by atoms with van der Waals surface area (Å²) in [6.07, 6.45) is 0.959. The smallest absolute Gasteiger partial charge is 0.134 e. The zero-order valence-corrected chi connectivity index (χ0v) is 12.1. The van der Waals surface area contributed by atoms with Gasteiger partial charge in [-0.3, -0.25) is 0 Å². The molecule has 1 aromatic carbocycles. The molecule has 0 fully saturated rings. The Morgan fingerprint density at radius 2 is 2.35 bits per heavy atom. The molecule has 1 aliphatic rings. The van der Waals surface area contributed by atoms with Crippen LogP contribution in [0, 0.1) is 4.64 Å². The molecular weight excluding hydrogens is 272 g/mol. The number of benzene rings is 1. The number of aromatic nitrogens is 2. The van der Waals surface area contributed by atoms with Gasteiger partial charge in [0, 0.05) is 18.6 Å². The van der Waals surface area contributed by atoms with Crippen LogP contribution in [0.3, 0.4) is 0 Å². The molecule has 2 heterocycles. The van der Waals surface area contributed by atoms with Crippen molar-refractivity contribution in [3.8, 4) is 17.0 Å². The Morgan fingerprint density at radius 1 is 1.45 bits per heavy atom. The molecule has 0 unspecified atom stereocenters. The lowest BCUT2D eigenvalue weighted by Gasteiger charge is -2.10. The lowest BCUT2D eigenvalue weighted by Crippen LogP contribution is -2.01. The van der Waals surface area contributed by atoms with Gasteiger partial charge in [0.1, 0.15) is 22.8 Å². The quantitative estimate of drug-likeness (QED) is 0.877. The minimum atomic E-state index is 0.434. The van der Waals surface area contributed by atoms with E-state index in [2.05, 4.69) is 16.0 Å². The van der Waals surface area contributed by atoms with Gasteiger partial charge in [0.15, 0.2) is 0 Å². The van der Waals surface area contributed by atoms with E-state index in [9.17, 15) is 0 Å². The molecule has 3 rings (SSSR count). The van der Waals surface area contributed by atoms with Crippen molar-refractivity contribution in [1.29, 1.82) is 0 Å². The van der Waals surface area contributed by atoms with Gasteiger partial charge in [-0.2, -0.15) is 0 Å². The van der Waals surface area contributed by atoms with E-state index >= 15 is 0 Å². The maximum Gasteiger partial charge on any atom is 0.134 e. The number of ether oxygens (including phenoxy) is 2. The molecule has 0 aliphatic carbocycles. The number of rotatable bonds is 4. The van der Waals surface area contributed by atoms with Crippen molar-refractivity contribution >= 4 is 12.2 Å². The lowest BCUT2D eigenvalue weighted by molar-refractivity contribution is 0.128. The Hall–Kier alpha value is -1.72. The minimum absolute atomic E-state index is 0.434. The predicted octanol–water partition coefficient (Wildman–Crippen LogP) is 3.28. The average Bonchev–Trinajstić information content (AvgIpc) is 2.92. The Labute approximate surface area is 122 Å². The monoisotopic (exact) mass is 288 g/mol. The number of nitrogens with one attached hydrogen (secondary N) is 1. The highest BCUT2D eigenvalue weighted by Crippen LogP contribution is 2.35. The van der Waals surface area contributed by atoms with Gasteiger partial charge in [-0.25, -0.2) is 4.98 Å². The molecular formula is C15H16N2O2S. The number of hydrogen-bond acceptors (Lipinski definition) is 4. The van der Waals surface area contributed by atoms with E-state index in [4.69, 9.17) is 21.7 Å². The van der Waals surface area contributed by atoms with E-state index < -0.39 is 0 Å². The summed E-state index contributed by atoms with van der Waals surface area (Å²) in [4.78, 5) is 7.57. The molecule has 1 aliphatic heterocycles. The molecule has 0 atom stereocenters. The third kappa shape index (κ3) is 2.59. The van der Waals surface area contributed by atoms with Gasteiger partial charge in [0.25, 0.3) is 0 Å². The fourth-order valence-corrected chi connectivity index (χ4v) is 2.58. The summed E-state index contributed by atoms with van der Waals surface area (Å²) < 4.78 is 11.7. The SMILES string of the molecule is CCOCc1nc(=S)cc(-c2cccc3c2OCC3)[nH]1. The molecule has 0 bridgehead atoms. The second-order valence-corrected chi connectivity index (χ2v) is 5.03. The van der Waals surface area contributed by atoms with Crippen molar-refractivity contribution in [2.24, 2.45) is 0 Å². The van der Waals surface area contributed by atoms with E-state index in [1.165, 1.54) is 5.56 Å². The van der Waals surface area contributed by atoms with Gasteiger partial charge < -0.3 is 14.5 Å². The third-order valence-corrected chi connectivity index (χ3v) is 3.45. The van der Waals surface area contributed by atoms with Crippen LogP contribution in [0.2, 0.25) is 0 Å². The van der Waals surface area contributed by atoms with E-state index in [0.717, 1.165) is 35.9 Å². The van der Waals surface area contributed by atoms with Gasteiger partial charge in [-0.15, -0.1) is 0 Å². The van der Waals surface area contributed by atoms with Crippen LogP contribution in [0.5, 0.6) is 5.75 Å². The second-order valence-electron chi connectivity index (χ2n) is 4.61. The van der Waals surface area contributed by atoms with E-state index in [1.807, 2.05) is 25.1 Å². The highest BCUT2D eigenvalue weighted by atomic mass is 32.1. The molecule has 20 heavy (non-hydrogen) atoms. The summed E-state index contributed by atoms with van der Waals surface area (Å²) in [5, 5.41) is 0. The summed E-state index contributed by atoms with van der Waals surface area (Å²) in [5.74, 6) is 1.69. The summed E-state index contributed by atoms with van der Waals surface area (Å²) in [6, 6.07) is 8.04. The molecule has 1 N–H and O–H groups in total. The Kier molecular flexibility index (Phi) is 3.80. The van der Waals surface area contributed by atoms with Crippen LogP contribution >= 0.6 is 12.2 Å². The topological polar surface area (TPSA) is 47.1 Å². The van der Waals surface area contributed by atoms with Crippen LogP contribution < -0.4 is 4.74 Å². The molecule has 4 nitrogen and oxygen atoms in total. The number of hydrogen-bond donors (Lipinski definition) is 1. The molecule has 1 aromatic heterocycles. The van der Waals surface area contributed by atoms with Crippen molar-refractivity contribution in [1.82, 2.24) is 9.97 Å². The molecule has 0 spiro atoms. The first kappa shape index (κ1) is 13.3. The molecule has 2 aromatic rings. The van der Waals surface area contributed by atoms with Gasteiger partial charge in [0.2, 0.25) is 0 Å². The van der Waals surface area contributed by atoms with Crippen LogP contribution in [0.4, 0.5) is 0 Å². The fourth-order valence-electron chi connectivity index (χ4n) is 2.35. The Balaban J connectivity index is 2.04. The highest BCUT2D eigenvalue weighted by Gasteiger charge is 2.17.